The van der Waals surface area contributed by atoms with Gasteiger partial charge in [0.15, 0.2) is 0 Å². The maximum Gasteiger partial charge on any atom is 0.320 e. The Morgan fingerprint density at radius 2 is 2.06 bits per heavy atom. The Hall–Kier alpha value is -1.95. The quantitative estimate of drug-likeness (QED) is 0.649. The monoisotopic (exact) mass is 238 g/mol. The highest BCUT2D eigenvalue weighted by Gasteiger charge is 2.24. The van der Waals surface area contributed by atoms with Crippen molar-refractivity contribution >= 4 is 11.9 Å². The molecule has 2 unspecified atom stereocenters. The van der Waals surface area contributed by atoms with Crippen LogP contribution in [-0.2, 0) is 16.0 Å². The summed E-state index contributed by atoms with van der Waals surface area (Å²) in [6, 6.07) is 2.29. The fraction of sp³-hybridized carbons (Fsp3) is 0.364. The van der Waals surface area contributed by atoms with E-state index in [2.05, 4.69) is 4.98 Å². The van der Waals surface area contributed by atoms with E-state index >= 15 is 0 Å². The molecule has 1 rings (SSSR count). The van der Waals surface area contributed by atoms with Crippen molar-refractivity contribution in [2.75, 3.05) is 0 Å². The summed E-state index contributed by atoms with van der Waals surface area (Å²) in [6.45, 7) is 0. The molecule has 0 aliphatic carbocycles. The normalized spacial score (nSPS) is 13.9. The van der Waals surface area contributed by atoms with E-state index in [9.17, 15) is 9.59 Å². The van der Waals surface area contributed by atoms with Crippen LogP contribution in [0.25, 0.3) is 0 Å². The first kappa shape index (κ1) is 13.1. The predicted octanol–water partition coefficient (Wildman–Crippen LogP) is 0.127. The van der Waals surface area contributed by atoms with Crippen LogP contribution in [0.2, 0.25) is 0 Å². The van der Waals surface area contributed by atoms with Crippen molar-refractivity contribution in [3.05, 3.63) is 30.1 Å². The Balaban J connectivity index is 2.67. The van der Waals surface area contributed by atoms with Crippen LogP contribution in [0.4, 0.5) is 0 Å². The third-order valence-corrected chi connectivity index (χ3v) is 2.41. The molecule has 0 aromatic carbocycles. The van der Waals surface area contributed by atoms with Crippen molar-refractivity contribution < 1.29 is 19.8 Å². The number of pyridine rings is 1. The van der Waals surface area contributed by atoms with E-state index in [1.54, 1.807) is 24.5 Å². The number of aliphatic carboxylic acids is 2. The van der Waals surface area contributed by atoms with Gasteiger partial charge in [0.25, 0.3) is 0 Å². The summed E-state index contributed by atoms with van der Waals surface area (Å²) < 4.78 is 0. The van der Waals surface area contributed by atoms with Gasteiger partial charge in [-0.3, -0.25) is 14.6 Å². The number of aromatic nitrogens is 1. The van der Waals surface area contributed by atoms with Gasteiger partial charge in [-0.25, -0.2) is 0 Å². The first-order chi connectivity index (χ1) is 8.00. The number of nitrogens with zero attached hydrogens (tertiary/aromatic N) is 1. The van der Waals surface area contributed by atoms with Gasteiger partial charge in [-0.2, -0.15) is 0 Å². The molecule has 4 N–H and O–H groups in total. The molecule has 0 spiro atoms. The van der Waals surface area contributed by atoms with Gasteiger partial charge < -0.3 is 15.9 Å². The predicted molar refractivity (Wildman–Crippen MR) is 59.3 cm³/mol. The fourth-order valence-corrected chi connectivity index (χ4v) is 1.48. The van der Waals surface area contributed by atoms with Crippen LogP contribution in [0, 0.1) is 5.92 Å². The molecular formula is C11H14N2O4. The summed E-state index contributed by atoms with van der Waals surface area (Å²) >= 11 is 0. The fourth-order valence-electron chi connectivity index (χ4n) is 1.48. The molecule has 1 heterocycles. The molecule has 0 amide bonds. The Morgan fingerprint density at radius 3 is 2.53 bits per heavy atom. The van der Waals surface area contributed by atoms with Crippen molar-refractivity contribution in [3.63, 3.8) is 0 Å². The van der Waals surface area contributed by atoms with Gasteiger partial charge in [0.1, 0.15) is 6.04 Å². The molecular weight excluding hydrogens is 224 g/mol. The average molecular weight is 238 g/mol. The van der Waals surface area contributed by atoms with Crippen molar-refractivity contribution in [1.82, 2.24) is 4.98 Å². The standard InChI is InChI=1S/C11H14N2O4/c12-9(11(16)17)5-8(10(14)15)4-7-2-1-3-13-6-7/h1-3,6,8-9H,4-5,12H2,(H,14,15)(H,16,17). The van der Waals surface area contributed by atoms with E-state index < -0.39 is 23.9 Å². The van der Waals surface area contributed by atoms with E-state index in [0.29, 0.717) is 0 Å². The second-order valence-corrected chi connectivity index (χ2v) is 3.78. The van der Waals surface area contributed by atoms with Gasteiger partial charge in [-0.05, 0) is 24.5 Å². The molecule has 92 valence electrons. The van der Waals surface area contributed by atoms with Crippen LogP contribution in [-0.4, -0.2) is 33.2 Å². The van der Waals surface area contributed by atoms with Gasteiger partial charge in [0, 0.05) is 12.4 Å². The minimum Gasteiger partial charge on any atom is -0.481 e. The second-order valence-electron chi connectivity index (χ2n) is 3.78. The summed E-state index contributed by atoms with van der Waals surface area (Å²) in [5, 5.41) is 17.6. The van der Waals surface area contributed by atoms with Gasteiger partial charge in [-0.15, -0.1) is 0 Å². The molecule has 0 radical (unpaired) electrons. The van der Waals surface area contributed by atoms with Crippen LogP contribution in [0.1, 0.15) is 12.0 Å². The molecule has 0 aliphatic heterocycles. The van der Waals surface area contributed by atoms with Gasteiger partial charge in [-0.1, -0.05) is 6.07 Å². The Morgan fingerprint density at radius 1 is 1.35 bits per heavy atom. The van der Waals surface area contributed by atoms with E-state index in [-0.39, 0.29) is 12.8 Å². The number of carboxylic acids is 2. The molecule has 6 heteroatoms. The van der Waals surface area contributed by atoms with E-state index in [1.165, 1.54) is 0 Å². The summed E-state index contributed by atoms with van der Waals surface area (Å²) in [5.41, 5.74) is 6.08. The highest BCUT2D eigenvalue weighted by Crippen LogP contribution is 2.13. The molecule has 0 fully saturated rings. The number of hydrogen-bond acceptors (Lipinski definition) is 4. The third kappa shape index (κ3) is 4.20. The molecule has 0 aliphatic rings. The van der Waals surface area contributed by atoms with Crippen LogP contribution in [0.5, 0.6) is 0 Å². The number of rotatable bonds is 6. The zero-order chi connectivity index (χ0) is 12.8. The average Bonchev–Trinajstić information content (AvgIpc) is 2.29. The lowest BCUT2D eigenvalue weighted by atomic mass is 9.94. The van der Waals surface area contributed by atoms with Crippen LogP contribution in [0.15, 0.2) is 24.5 Å². The molecule has 6 nitrogen and oxygen atoms in total. The van der Waals surface area contributed by atoms with Crippen molar-refractivity contribution in [1.29, 1.82) is 0 Å². The smallest absolute Gasteiger partial charge is 0.320 e. The SMILES string of the molecule is NC(CC(Cc1cccnc1)C(=O)O)C(=O)O. The molecule has 2 atom stereocenters. The maximum absolute atomic E-state index is 11.0. The molecule has 17 heavy (non-hydrogen) atoms. The zero-order valence-electron chi connectivity index (χ0n) is 9.11. The summed E-state index contributed by atoms with van der Waals surface area (Å²) in [7, 11) is 0. The Kier molecular flexibility index (Phi) is 4.59. The Labute approximate surface area is 98.1 Å². The van der Waals surface area contributed by atoms with Crippen molar-refractivity contribution in [3.8, 4) is 0 Å². The topological polar surface area (TPSA) is 114 Å². The summed E-state index contributed by atoms with van der Waals surface area (Å²) in [4.78, 5) is 25.4. The lowest BCUT2D eigenvalue weighted by Crippen LogP contribution is -2.35. The number of nitrogens with two attached hydrogens (primary N) is 1. The van der Waals surface area contributed by atoms with E-state index in [4.69, 9.17) is 15.9 Å². The minimum atomic E-state index is -1.19. The first-order valence-corrected chi connectivity index (χ1v) is 5.10. The largest absolute Gasteiger partial charge is 0.481 e. The van der Waals surface area contributed by atoms with E-state index in [1.807, 2.05) is 0 Å². The van der Waals surface area contributed by atoms with Gasteiger partial charge in [0.05, 0.1) is 5.92 Å². The summed E-state index contributed by atoms with van der Waals surface area (Å²) in [6.07, 6.45) is 3.27. The lowest BCUT2D eigenvalue weighted by Gasteiger charge is -2.14. The number of hydrogen-bond donors (Lipinski definition) is 3. The van der Waals surface area contributed by atoms with Crippen molar-refractivity contribution in [2.24, 2.45) is 11.7 Å². The second kappa shape index (κ2) is 5.95. The third-order valence-electron chi connectivity index (χ3n) is 2.41. The van der Waals surface area contributed by atoms with Gasteiger partial charge >= 0.3 is 11.9 Å². The molecule has 0 bridgehead atoms. The Bertz CT molecular complexity index is 394. The zero-order valence-corrected chi connectivity index (χ0v) is 9.11. The van der Waals surface area contributed by atoms with Crippen LogP contribution in [0.3, 0.4) is 0 Å². The summed E-state index contributed by atoms with van der Waals surface area (Å²) in [5.74, 6) is -3.06. The highest BCUT2D eigenvalue weighted by atomic mass is 16.4. The van der Waals surface area contributed by atoms with E-state index in [0.717, 1.165) is 5.56 Å². The number of carboxylic acid groups (broad SMARTS) is 2. The van der Waals surface area contributed by atoms with Crippen LogP contribution >= 0.6 is 0 Å². The molecule has 1 aromatic rings. The first-order valence-electron chi connectivity index (χ1n) is 5.10. The van der Waals surface area contributed by atoms with Crippen LogP contribution < -0.4 is 5.73 Å². The van der Waals surface area contributed by atoms with Gasteiger partial charge in [0.2, 0.25) is 0 Å². The lowest BCUT2D eigenvalue weighted by molar-refractivity contribution is -0.143. The minimum absolute atomic E-state index is 0.0977. The highest BCUT2D eigenvalue weighted by molar-refractivity contribution is 5.76. The maximum atomic E-state index is 11.0. The molecule has 0 saturated heterocycles. The molecule has 0 saturated carbocycles. The number of carbonyl (C=O) groups is 2. The van der Waals surface area contributed by atoms with Crippen molar-refractivity contribution in [2.45, 2.75) is 18.9 Å². The molecule has 1 aromatic heterocycles.